The Kier molecular flexibility index (Phi) is 6.68. The molecule has 1 aromatic carbocycles. The Morgan fingerprint density at radius 3 is 2.65 bits per heavy atom. The molecule has 0 aliphatic carbocycles. The van der Waals surface area contributed by atoms with Crippen LogP contribution in [0.5, 0.6) is 5.75 Å². The van der Waals surface area contributed by atoms with Crippen LogP contribution in [0.15, 0.2) is 47.1 Å². The van der Waals surface area contributed by atoms with E-state index in [1.54, 1.807) is 6.26 Å². The zero-order chi connectivity index (χ0) is 18.2. The van der Waals surface area contributed by atoms with E-state index in [1.807, 2.05) is 36.4 Å². The first kappa shape index (κ1) is 18.5. The second-order valence-electron chi connectivity index (χ2n) is 6.27. The lowest BCUT2D eigenvalue weighted by Crippen LogP contribution is -2.44. The molecule has 1 atom stereocenters. The van der Waals surface area contributed by atoms with Gasteiger partial charge in [0.25, 0.3) is 5.91 Å². The van der Waals surface area contributed by atoms with E-state index in [9.17, 15) is 4.79 Å². The van der Waals surface area contributed by atoms with Gasteiger partial charge in [-0.3, -0.25) is 9.69 Å². The number of carbonyl (C=O) groups excluding carboxylic acids is 1. The van der Waals surface area contributed by atoms with Gasteiger partial charge in [0.1, 0.15) is 11.5 Å². The molecule has 1 amide bonds. The zero-order valence-corrected chi connectivity index (χ0v) is 15.1. The summed E-state index contributed by atoms with van der Waals surface area (Å²) in [5.74, 6) is 1.41. The lowest BCUT2D eigenvalue weighted by atomic mass is 10.1. The molecule has 1 aromatic heterocycles. The number of hydrogen-bond donors (Lipinski definition) is 1. The molecule has 1 unspecified atom stereocenters. The Morgan fingerprint density at radius 1 is 1.23 bits per heavy atom. The zero-order valence-electron chi connectivity index (χ0n) is 15.1. The summed E-state index contributed by atoms with van der Waals surface area (Å²) in [4.78, 5) is 14.5. The summed E-state index contributed by atoms with van der Waals surface area (Å²) >= 11 is 0. The van der Waals surface area contributed by atoms with Gasteiger partial charge >= 0.3 is 0 Å². The van der Waals surface area contributed by atoms with E-state index in [2.05, 4.69) is 17.1 Å². The standard InChI is InChI=1S/C20H26N2O4/c1-2-16-5-7-17(8-6-16)26-15-20(23)21-14-18(19-4-3-11-25-19)22-9-12-24-13-10-22/h3-8,11,18H,2,9-10,12-15H2,1H3,(H,21,23). The van der Waals surface area contributed by atoms with Crippen molar-refractivity contribution < 1.29 is 18.7 Å². The van der Waals surface area contributed by atoms with Crippen LogP contribution >= 0.6 is 0 Å². The van der Waals surface area contributed by atoms with Gasteiger partial charge in [0.05, 0.1) is 25.5 Å². The maximum Gasteiger partial charge on any atom is 0.258 e. The van der Waals surface area contributed by atoms with Crippen molar-refractivity contribution in [3.8, 4) is 5.75 Å². The Morgan fingerprint density at radius 2 is 2.00 bits per heavy atom. The van der Waals surface area contributed by atoms with Gasteiger partial charge in [0.2, 0.25) is 0 Å². The minimum atomic E-state index is -0.144. The van der Waals surface area contributed by atoms with E-state index in [-0.39, 0.29) is 18.6 Å². The van der Waals surface area contributed by atoms with Crippen molar-refractivity contribution in [3.63, 3.8) is 0 Å². The van der Waals surface area contributed by atoms with Crippen molar-refractivity contribution in [2.75, 3.05) is 39.5 Å². The Labute approximate surface area is 154 Å². The predicted octanol–water partition coefficient (Wildman–Crippen LogP) is 2.41. The van der Waals surface area contributed by atoms with Crippen LogP contribution in [0.1, 0.15) is 24.3 Å². The van der Waals surface area contributed by atoms with Crippen LogP contribution in [0.4, 0.5) is 0 Å². The number of ether oxygens (including phenoxy) is 2. The molecule has 140 valence electrons. The van der Waals surface area contributed by atoms with Gasteiger partial charge in [-0.25, -0.2) is 0 Å². The topological polar surface area (TPSA) is 63.9 Å². The minimum absolute atomic E-state index is 0.000538. The molecule has 6 nitrogen and oxygen atoms in total. The average molecular weight is 358 g/mol. The molecule has 6 heteroatoms. The molecule has 0 bridgehead atoms. The first-order chi connectivity index (χ1) is 12.8. The summed E-state index contributed by atoms with van der Waals surface area (Å²) in [6.07, 6.45) is 2.64. The fraction of sp³-hybridized carbons (Fsp3) is 0.450. The Balaban J connectivity index is 1.50. The monoisotopic (exact) mass is 358 g/mol. The summed E-state index contributed by atoms with van der Waals surface area (Å²) in [6, 6.07) is 11.6. The molecule has 0 radical (unpaired) electrons. The van der Waals surface area contributed by atoms with Crippen molar-refractivity contribution in [2.24, 2.45) is 0 Å². The number of benzene rings is 1. The van der Waals surface area contributed by atoms with E-state index in [1.165, 1.54) is 5.56 Å². The number of carbonyl (C=O) groups is 1. The highest BCUT2D eigenvalue weighted by atomic mass is 16.5. The number of morpholine rings is 1. The van der Waals surface area contributed by atoms with Gasteiger partial charge in [-0.15, -0.1) is 0 Å². The third-order valence-electron chi connectivity index (χ3n) is 4.55. The lowest BCUT2D eigenvalue weighted by molar-refractivity contribution is -0.123. The van der Waals surface area contributed by atoms with Gasteiger partial charge in [-0.1, -0.05) is 19.1 Å². The van der Waals surface area contributed by atoms with Gasteiger partial charge in [0, 0.05) is 19.6 Å². The highest BCUT2D eigenvalue weighted by Crippen LogP contribution is 2.21. The van der Waals surface area contributed by atoms with Crippen LogP contribution in [-0.2, 0) is 16.0 Å². The van der Waals surface area contributed by atoms with Crippen LogP contribution in [0.2, 0.25) is 0 Å². The Bertz CT molecular complexity index is 664. The normalized spacial score (nSPS) is 16.2. The van der Waals surface area contributed by atoms with Gasteiger partial charge < -0.3 is 19.2 Å². The second-order valence-corrected chi connectivity index (χ2v) is 6.27. The van der Waals surface area contributed by atoms with Crippen LogP contribution in [0.3, 0.4) is 0 Å². The molecule has 2 aromatic rings. The molecule has 3 rings (SSSR count). The molecule has 0 spiro atoms. The number of nitrogens with one attached hydrogen (secondary N) is 1. The van der Waals surface area contributed by atoms with Crippen molar-refractivity contribution in [3.05, 3.63) is 54.0 Å². The fourth-order valence-electron chi connectivity index (χ4n) is 3.01. The average Bonchev–Trinajstić information content (AvgIpc) is 3.22. The quantitative estimate of drug-likeness (QED) is 0.785. The number of rotatable bonds is 8. The molecule has 1 N–H and O–H groups in total. The van der Waals surface area contributed by atoms with Crippen molar-refractivity contribution in [1.29, 1.82) is 0 Å². The van der Waals surface area contributed by atoms with Crippen molar-refractivity contribution >= 4 is 5.91 Å². The first-order valence-electron chi connectivity index (χ1n) is 9.10. The summed E-state index contributed by atoms with van der Waals surface area (Å²) in [7, 11) is 0. The van der Waals surface area contributed by atoms with E-state index >= 15 is 0 Å². The van der Waals surface area contributed by atoms with Gasteiger partial charge in [0.15, 0.2) is 6.61 Å². The number of amides is 1. The van der Waals surface area contributed by atoms with Gasteiger partial charge in [-0.05, 0) is 36.2 Å². The molecular formula is C20H26N2O4. The minimum Gasteiger partial charge on any atom is -0.484 e. The fourth-order valence-corrected chi connectivity index (χ4v) is 3.01. The SMILES string of the molecule is CCc1ccc(OCC(=O)NCC(c2ccco2)N2CCOCC2)cc1. The smallest absolute Gasteiger partial charge is 0.258 e. The molecule has 1 saturated heterocycles. The maximum atomic E-state index is 12.2. The largest absolute Gasteiger partial charge is 0.484 e. The molecule has 1 aliphatic heterocycles. The second kappa shape index (κ2) is 9.40. The van der Waals surface area contributed by atoms with E-state index in [4.69, 9.17) is 13.9 Å². The third-order valence-corrected chi connectivity index (χ3v) is 4.55. The van der Waals surface area contributed by atoms with Gasteiger partial charge in [-0.2, -0.15) is 0 Å². The molecular weight excluding hydrogens is 332 g/mol. The highest BCUT2D eigenvalue weighted by molar-refractivity contribution is 5.77. The van der Waals surface area contributed by atoms with Crippen molar-refractivity contribution in [1.82, 2.24) is 10.2 Å². The number of aryl methyl sites for hydroxylation is 1. The highest BCUT2D eigenvalue weighted by Gasteiger charge is 2.25. The number of nitrogens with zero attached hydrogens (tertiary/aromatic N) is 1. The number of furan rings is 1. The molecule has 1 aliphatic rings. The van der Waals surface area contributed by atoms with Crippen LogP contribution in [0.25, 0.3) is 0 Å². The molecule has 26 heavy (non-hydrogen) atoms. The van der Waals surface area contributed by atoms with Crippen LogP contribution in [-0.4, -0.2) is 50.3 Å². The van der Waals surface area contributed by atoms with E-state index < -0.39 is 0 Å². The Hall–Kier alpha value is -2.31. The molecule has 1 fully saturated rings. The third kappa shape index (κ3) is 5.09. The van der Waals surface area contributed by atoms with Crippen LogP contribution in [0, 0.1) is 0 Å². The van der Waals surface area contributed by atoms with Crippen molar-refractivity contribution in [2.45, 2.75) is 19.4 Å². The summed E-state index contributed by atoms with van der Waals surface area (Å²) in [5.41, 5.74) is 1.24. The van der Waals surface area contributed by atoms with Crippen LogP contribution < -0.4 is 10.1 Å². The molecule has 2 heterocycles. The first-order valence-corrected chi connectivity index (χ1v) is 9.10. The molecule has 0 saturated carbocycles. The summed E-state index contributed by atoms with van der Waals surface area (Å²) in [5, 5.41) is 2.95. The van der Waals surface area contributed by atoms with E-state index in [0.29, 0.717) is 25.5 Å². The lowest BCUT2D eigenvalue weighted by Gasteiger charge is -2.33. The summed E-state index contributed by atoms with van der Waals surface area (Å²) < 4.78 is 16.6. The van der Waals surface area contributed by atoms with E-state index in [0.717, 1.165) is 25.3 Å². The number of hydrogen-bond acceptors (Lipinski definition) is 5. The summed E-state index contributed by atoms with van der Waals surface area (Å²) in [6.45, 7) is 5.62. The maximum absolute atomic E-state index is 12.2. The predicted molar refractivity (Wildman–Crippen MR) is 98.2 cm³/mol.